The number of aromatic nitrogens is 2. The third-order valence-corrected chi connectivity index (χ3v) is 4.46. The zero-order chi connectivity index (χ0) is 18.0. The van der Waals surface area contributed by atoms with Gasteiger partial charge in [-0.1, -0.05) is 30.3 Å². The van der Waals surface area contributed by atoms with Crippen LogP contribution in [0.1, 0.15) is 17.7 Å². The summed E-state index contributed by atoms with van der Waals surface area (Å²) in [5.74, 6) is 1.59. The summed E-state index contributed by atoms with van der Waals surface area (Å²) < 4.78 is 5.38. The van der Waals surface area contributed by atoms with Crippen LogP contribution >= 0.6 is 0 Å². The average Bonchev–Trinajstić information content (AvgIpc) is 2.67. The van der Waals surface area contributed by atoms with Crippen molar-refractivity contribution in [2.24, 2.45) is 0 Å². The van der Waals surface area contributed by atoms with Crippen LogP contribution in [0.2, 0.25) is 0 Å². The molecule has 3 rings (SSSR count). The molecule has 1 aromatic heterocycles. The summed E-state index contributed by atoms with van der Waals surface area (Å²) in [5, 5.41) is 6.76. The number of ether oxygens (including phenoxy) is 1. The molecule has 1 aliphatic rings. The first kappa shape index (κ1) is 18.6. The lowest BCUT2D eigenvalue weighted by Gasteiger charge is -2.26. The Hall–Kier alpha value is -2.18. The van der Waals surface area contributed by atoms with E-state index < -0.39 is 0 Å². The maximum absolute atomic E-state index is 5.38. The Bertz CT molecular complexity index is 659. The second kappa shape index (κ2) is 10.1. The van der Waals surface area contributed by atoms with Crippen LogP contribution in [0.25, 0.3) is 0 Å². The number of aryl methyl sites for hydroxylation is 2. The highest BCUT2D eigenvalue weighted by molar-refractivity contribution is 5.42. The average molecular weight is 355 g/mol. The predicted octanol–water partition coefficient (Wildman–Crippen LogP) is 2.57. The van der Waals surface area contributed by atoms with Crippen molar-refractivity contribution in [1.82, 2.24) is 14.9 Å². The molecule has 2 N–H and O–H groups in total. The normalized spacial score (nSPS) is 15.0. The molecule has 1 saturated heterocycles. The molecule has 0 spiro atoms. The minimum Gasteiger partial charge on any atom is -0.379 e. The quantitative estimate of drug-likeness (QED) is 0.674. The first-order valence-corrected chi connectivity index (χ1v) is 9.47. The monoisotopic (exact) mass is 355 g/mol. The number of morpholine rings is 1. The molecule has 0 radical (unpaired) electrons. The van der Waals surface area contributed by atoms with Crippen LogP contribution in [-0.2, 0) is 11.2 Å². The Morgan fingerprint density at radius 2 is 1.85 bits per heavy atom. The fraction of sp³-hybridized carbons (Fsp3) is 0.500. The predicted molar refractivity (Wildman–Crippen MR) is 106 cm³/mol. The van der Waals surface area contributed by atoms with E-state index in [1.807, 2.05) is 13.0 Å². The van der Waals surface area contributed by atoms with Crippen molar-refractivity contribution in [3.8, 4) is 0 Å². The van der Waals surface area contributed by atoms with E-state index >= 15 is 0 Å². The number of hydrogen-bond donors (Lipinski definition) is 2. The molecular weight excluding hydrogens is 326 g/mol. The Balaban J connectivity index is 1.41. The minimum atomic E-state index is 0.701. The SMILES string of the molecule is Cc1cc(NCCN2CCOCC2)nc(NCCCc2ccccc2)n1. The molecule has 0 unspecified atom stereocenters. The Labute approximate surface area is 156 Å². The van der Waals surface area contributed by atoms with Crippen LogP contribution in [0.15, 0.2) is 36.4 Å². The second-order valence-electron chi connectivity index (χ2n) is 6.61. The van der Waals surface area contributed by atoms with Gasteiger partial charge < -0.3 is 15.4 Å². The molecule has 1 fully saturated rings. The van der Waals surface area contributed by atoms with Gasteiger partial charge in [0, 0.05) is 44.5 Å². The van der Waals surface area contributed by atoms with Crippen molar-refractivity contribution in [2.45, 2.75) is 19.8 Å². The molecule has 0 saturated carbocycles. The summed E-state index contributed by atoms with van der Waals surface area (Å²) in [6.45, 7) is 8.45. The molecule has 2 heterocycles. The first-order chi connectivity index (χ1) is 12.8. The zero-order valence-electron chi connectivity index (χ0n) is 15.6. The molecule has 1 aromatic carbocycles. The lowest BCUT2D eigenvalue weighted by atomic mass is 10.1. The van der Waals surface area contributed by atoms with Gasteiger partial charge >= 0.3 is 0 Å². The summed E-state index contributed by atoms with van der Waals surface area (Å²) in [6, 6.07) is 12.5. The van der Waals surface area contributed by atoms with Gasteiger partial charge in [-0.05, 0) is 25.3 Å². The summed E-state index contributed by atoms with van der Waals surface area (Å²) in [4.78, 5) is 11.5. The molecule has 6 heteroatoms. The van der Waals surface area contributed by atoms with E-state index in [-0.39, 0.29) is 0 Å². The summed E-state index contributed by atoms with van der Waals surface area (Å²) in [7, 11) is 0. The molecule has 1 aliphatic heterocycles. The molecule has 26 heavy (non-hydrogen) atoms. The highest BCUT2D eigenvalue weighted by Gasteiger charge is 2.09. The van der Waals surface area contributed by atoms with Gasteiger partial charge in [-0.2, -0.15) is 4.98 Å². The van der Waals surface area contributed by atoms with Crippen molar-refractivity contribution in [3.63, 3.8) is 0 Å². The molecule has 6 nitrogen and oxygen atoms in total. The largest absolute Gasteiger partial charge is 0.379 e. The van der Waals surface area contributed by atoms with Gasteiger partial charge in [-0.15, -0.1) is 0 Å². The van der Waals surface area contributed by atoms with Crippen LogP contribution in [0.5, 0.6) is 0 Å². The molecule has 0 atom stereocenters. The van der Waals surface area contributed by atoms with Gasteiger partial charge in [-0.3, -0.25) is 4.90 Å². The van der Waals surface area contributed by atoms with Gasteiger partial charge in [0.25, 0.3) is 0 Å². The fourth-order valence-corrected chi connectivity index (χ4v) is 3.04. The van der Waals surface area contributed by atoms with Gasteiger partial charge in [-0.25, -0.2) is 4.98 Å². The maximum atomic E-state index is 5.38. The number of nitrogens with one attached hydrogen (secondary N) is 2. The standard InChI is InChI=1S/C20H29N5O/c1-17-16-19(21-10-11-25-12-14-26-15-13-25)24-20(23-17)22-9-5-8-18-6-3-2-4-7-18/h2-4,6-7,16H,5,8-15H2,1H3,(H2,21,22,23,24). The van der Waals surface area contributed by atoms with Crippen molar-refractivity contribution >= 4 is 11.8 Å². The van der Waals surface area contributed by atoms with Crippen molar-refractivity contribution in [2.75, 3.05) is 56.6 Å². The van der Waals surface area contributed by atoms with Crippen LogP contribution in [0, 0.1) is 6.92 Å². The Morgan fingerprint density at radius 1 is 1.04 bits per heavy atom. The second-order valence-corrected chi connectivity index (χ2v) is 6.61. The van der Waals surface area contributed by atoms with Crippen molar-refractivity contribution in [1.29, 1.82) is 0 Å². The lowest BCUT2D eigenvalue weighted by molar-refractivity contribution is 0.0398. The summed E-state index contributed by atoms with van der Waals surface area (Å²) in [5.41, 5.74) is 2.34. The number of benzene rings is 1. The van der Waals surface area contributed by atoms with E-state index in [1.54, 1.807) is 0 Å². The molecule has 0 amide bonds. The highest BCUT2D eigenvalue weighted by atomic mass is 16.5. The van der Waals surface area contributed by atoms with E-state index in [2.05, 4.69) is 55.8 Å². The van der Waals surface area contributed by atoms with E-state index in [1.165, 1.54) is 5.56 Å². The first-order valence-electron chi connectivity index (χ1n) is 9.47. The number of nitrogens with zero attached hydrogens (tertiary/aromatic N) is 3. The van der Waals surface area contributed by atoms with Gasteiger partial charge in [0.2, 0.25) is 5.95 Å². The number of hydrogen-bond acceptors (Lipinski definition) is 6. The van der Waals surface area contributed by atoms with E-state index in [4.69, 9.17) is 4.74 Å². The van der Waals surface area contributed by atoms with Crippen LogP contribution in [-0.4, -0.2) is 60.8 Å². The molecule has 140 valence electrons. The highest BCUT2D eigenvalue weighted by Crippen LogP contribution is 2.10. The third kappa shape index (κ3) is 6.28. The summed E-state index contributed by atoms with van der Waals surface area (Å²) >= 11 is 0. The topological polar surface area (TPSA) is 62.3 Å². The van der Waals surface area contributed by atoms with Crippen LogP contribution < -0.4 is 10.6 Å². The maximum Gasteiger partial charge on any atom is 0.224 e. The Morgan fingerprint density at radius 3 is 2.65 bits per heavy atom. The number of rotatable bonds is 9. The van der Waals surface area contributed by atoms with Gasteiger partial charge in [0.1, 0.15) is 5.82 Å². The summed E-state index contributed by atoms with van der Waals surface area (Å²) in [6.07, 6.45) is 2.12. The van der Waals surface area contributed by atoms with E-state index in [0.717, 1.165) is 70.3 Å². The molecular formula is C20H29N5O. The third-order valence-electron chi connectivity index (χ3n) is 4.46. The fourth-order valence-electron chi connectivity index (χ4n) is 3.04. The smallest absolute Gasteiger partial charge is 0.224 e. The Kier molecular flexibility index (Phi) is 7.22. The van der Waals surface area contributed by atoms with Crippen LogP contribution in [0.3, 0.4) is 0 Å². The zero-order valence-corrected chi connectivity index (χ0v) is 15.6. The molecule has 0 aliphatic carbocycles. The molecule has 0 bridgehead atoms. The van der Waals surface area contributed by atoms with E-state index in [9.17, 15) is 0 Å². The molecule has 2 aromatic rings. The van der Waals surface area contributed by atoms with E-state index in [0.29, 0.717) is 5.95 Å². The van der Waals surface area contributed by atoms with Crippen LogP contribution in [0.4, 0.5) is 11.8 Å². The minimum absolute atomic E-state index is 0.701. The van der Waals surface area contributed by atoms with Crippen molar-refractivity contribution in [3.05, 3.63) is 47.7 Å². The van der Waals surface area contributed by atoms with Gasteiger partial charge in [0.05, 0.1) is 13.2 Å². The lowest BCUT2D eigenvalue weighted by Crippen LogP contribution is -2.39. The number of anilines is 2. The van der Waals surface area contributed by atoms with Gasteiger partial charge in [0.15, 0.2) is 0 Å². The van der Waals surface area contributed by atoms with Crippen molar-refractivity contribution < 1.29 is 4.74 Å².